The van der Waals surface area contributed by atoms with Crippen LogP contribution in [0.5, 0.6) is 0 Å². The summed E-state index contributed by atoms with van der Waals surface area (Å²) in [4.78, 5) is 0. The van der Waals surface area contributed by atoms with E-state index in [-0.39, 0.29) is 5.82 Å². The van der Waals surface area contributed by atoms with Gasteiger partial charge in [-0.05, 0) is 56.1 Å². The van der Waals surface area contributed by atoms with Crippen molar-refractivity contribution in [2.75, 3.05) is 13.6 Å². The number of benzene rings is 1. The first-order valence-corrected chi connectivity index (χ1v) is 5.05. The molecule has 78 valence electrons. The van der Waals surface area contributed by atoms with Crippen LogP contribution in [-0.2, 0) is 0 Å². The van der Waals surface area contributed by atoms with Crippen molar-refractivity contribution in [1.82, 2.24) is 5.32 Å². The van der Waals surface area contributed by atoms with Crippen molar-refractivity contribution in [2.24, 2.45) is 0 Å². The topological polar surface area (TPSA) is 12.0 Å². The van der Waals surface area contributed by atoms with Crippen LogP contribution in [0.25, 0.3) is 0 Å². The van der Waals surface area contributed by atoms with Gasteiger partial charge in [0.25, 0.3) is 0 Å². The van der Waals surface area contributed by atoms with Crippen LogP contribution in [-0.4, -0.2) is 13.6 Å². The predicted octanol–water partition coefficient (Wildman–Crippen LogP) is 2.85. The van der Waals surface area contributed by atoms with Crippen molar-refractivity contribution >= 4 is 0 Å². The van der Waals surface area contributed by atoms with E-state index in [2.05, 4.69) is 12.2 Å². The van der Waals surface area contributed by atoms with Crippen LogP contribution < -0.4 is 5.32 Å². The fraction of sp³-hybridized carbons (Fsp3) is 0.500. The molecule has 0 amide bonds. The highest BCUT2D eigenvalue weighted by Crippen LogP contribution is 2.22. The Morgan fingerprint density at radius 3 is 2.71 bits per heavy atom. The number of hydrogen-bond donors (Lipinski definition) is 1. The van der Waals surface area contributed by atoms with Crippen molar-refractivity contribution in [2.45, 2.75) is 26.2 Å². The lowest BCUT2D eigenvalue weighted by Gasteiger charge is -2.14. The lowest BCUT2D eigenvalue weighted by Crippen LogP contribution is -2.11. The van der Waals surface area contributed by atoms with E-state index >= 15 is 0 Å². The third-order valence-corrected chi connectivity index (χ3v) is 2.59. The van der Waals surface area contributed by atoms with Gasteiger partial charge in [-0.1, -0.05) is 13.0 Å². The molecule has 1 rings (SSSR count). The summed E-state index contributed by atoms with van der Waals surface area (Å²) in [7, 11) is 1.95. The molecule has 1 aromatic rings. The Morgan fingerprint density at radius 2 is 2.14 bits per heavy atom. The van der Waals surface area contributed by atoms with Crippen molar-refractivity contribution in [3.05, 3.63) is 35.1 Å². The van der Waals surface area contributed by atoms with Gasteiger partial charge in [0.1, 0.15) is 5.82 Å². The van der Waals surface area contributed by atoms with Crippen molar-refractivity contribution in [1.29, 1.82) is 0 Å². The molecule has 0 fully saturated rings. The number of halogens is 1. The maximum absolute atomic E-state index is 12.9. The molecule has 1 nitrogen and oxygen atoms in total. The molecule has 1 N–H and O–H groups in total. The van der Waals surface area contributed by atoms with Gasteiger partial charge in [-0.3, -0.25) is 0 Å². The minimum absolute atomic E-state index is 0.146. The van der Waals surface area contributed by atoms with E-state index < -0.39 is 0 Å². The highest BCUT2D eigenvalue weighted by atomic mass is 19.1. The van der Waals surface area contributed by atoms with Crippen LogP contribution in [0.2, 0.25) is 0 Å². The molecule has 0 spiro atoms. The van der Waals surface area contributed by atoms with Crippen LogP contribution in [0.4, 0.5) is 4.39 Å². The molecule has 0 heterocycles. The van der Waals surface area contributed by atoms with E-state index in [1.54, 1.807) is 6.07 Å². The Balaban J connectivity index is 2.74. The van der Waals surface area contributed by atoms with E-state index in [0.717, 1.165) is 18.5 Å². The molecule has 0 aliphatic carbocycles. The molecular weight excluding hydrogens is 177 g/mol. The fourth-order valence-electron chi connectivity index (χ4n) is 1.71. The summed E-state index contributed by atoms with van der Waals surface area (Å²) in [6.45, 7) is 5.14. The molecular formula is C12H18FN. The highest BCUT2D eigenvalue weighted by molar-refractivity contribution is 5.29. The standard InChI is InChI=1S/C12H18FN/c1-9(6-7-14-3)12-5-4-11(13)8-10(12)2/h4-5,8-9,14H,6-7H2,1-3H3. The molecule has 2 heteroatoms. The van der Waals surface area contributed by atoms with Gasteiger partial charge in [-0.2, -0.15) is 0 Å². The summed E-state index contributed by atoms with van der Waals surface area (Å²) in [5.41, 5.74) is 2.30. The van der Waals surface area contributed by atoms with Gasteiger partial charge >= 0.3 is 0 Å². The van der Waals surface area contributed by atoms with Crippen molar-refractivity contribution in [3.8, 4) is 0 Å². The van der Waals surface area contributed by atoms with E-state index in [1.165, 1.54) is 11.6 Å². The van der Waals surface area contributed by atoms with Gasteiger partial charge in [0.2, 0.25) is 0 Å². The summed E-state index contributed by atoms with van der Waals surface area (Å²) in [6.07, 6.45) is 1.09. The summed E-state index contributed by atoms with van der Waals surface area (Å²) in [6, 6.07) is 5.04. The van der Waals surface area contributed by atoms with Crippen LogP contribution in [0, 0.1) is 12.7 Å². The van der Waals surface area contributed by atoms with E-state index in [1.807, 2.05) is 20.0 Å². The second-order valence-electron chi connectivity index (χ2n) is 3.79. The lowest BCUT2D eigenvalue weighted by molar-refractivity contribution is 0.614. The van der Waals surface area contributed by atoms with Gasteiger partial charge in [0, 0.05) is 0 Å². The average molecular weight is 195 g/mol. The molecule has 0 aliphatic heterocycles. The average Bonchev–Trinajstić information content (AvgIpc) is 2.14. The smallest absolute Gasteiger partial charge is 0.123 e. The Kier molecular flexibility index (Phi) is 4.08. The molecule has 1 unspecified atom stereocenters. The number of rotatable bonds is 4. The molecule has 0 saturated heterocycles. The largest absolute Gasteiger partial charge is 0.320 e. The molecule has 0 aliphatic rings. The summed E-state index contributed by atoms with van der Waals surface area (Å²) in [5.74, 6) is 0.343. The van der Waals surface area contributed by atoms with Crippen LogP contribution in [0.15, 0.2) is 18.2 Å². The zero-order valence-electron chi connectivity index (χ0n) is 9.10. The third-order valence-electron chi connectivity index (χ3n) is 2.59. The van der Waals surface area contributed by atoms with Gasteiger partial charge < -0.3 is 5.32 Å². The minimum Gasteiger partial charge on any atom is -0.320 e. The summed E-state index contributed by atoms with van der Waals surface area (Å²) in [5, 5.41) is 3.13. The zero-order valence-corrected chi connectivity index (χ0v) is 9.10. The van der Waals surface area contributed by atoms with Crippen LogP contribution in [0.3, 0.4) is 0 Å². The summed E-state index contributed by atoms with van der Waals surface area (Å²) >= 11 is 0. The van der Waals surface area contributed by atoms with Crippen molar-refractivity contribution < 1.29 is 4.39 Å². The Hall–Kier alpha value is -0.890. The van der Waals surface area contributed by atoms with E-state index in [9.17, 15) is 4.39 Å². The first kappa shape index (κ1) is 11.2. The second-order valence-corrected chi connectivity index (χ2v) is 3.79. The highest BCUT2D eigenvalue weighted by Gasteiger charge is 2.08. The number of aryl methyl sites for hydroxylation is 1. The quantitative estimate of drug-likeness (QED) is 0.779. The van der Waals surface area contributed by atoms with Crippen molar-refractivity contribution in [3.63, 3.8) is 0 Å². The fourth-order valence-corrected chi connectivity index (χ4v) is 1.71. The van der Waals surface area contributed by atoms with Crippen LogP contribution in [0.1, 0.15) is 30.4 Å². The van der Waals surface area contributed by atoms with E-state index in [0.29, 0.717) is 5.92 Å². The normalized spacial score (nSPS) is 12.9. The first-order valence-electron chi connectivity index (χ1n) is 5.05. The zero-order chi connectivity index (χ0) is 10.6. The lowest BCUT2D eigenvalue weighted by atomic mass is 9.94. The molecule has 0 radical (unpaired) electrons. The maximum atomic E-state index is 12.9. The SMILES string of the molecule is CNCCC(C)c1ccc(F)cc1C. The van der Waals surface area contributed by atoms with Gasteiger partial charge in [0.15, 0.2) is 0 Å². The third kappa shape index (κ3) is 2.81. The van der Waals surface area contributed by atoms with Gasteiger partial charge in [-0.25, -0.2) is 4.39 Å². The predicted molar refractivity (Wildman–Crippen MR) is 58.1 cm³/mol. The Morgan fingerprint density at radius 1 is 1.43 bits per heavy atom. The molecule has 1 aromatic carbocycles. The van der Waals surface area contributed by atoms with Gasteiger partial charge in [0.05, 0.1) is 0 Å². The first-order chi connectivity index (χ1) is 6.65. The molecule has 1 atom stereocenters. The molecule has 0 aromatic heterocycles. The maximum Gasteiger partial charge on any atom is 0.123 e. The monoisotopic (exact) mass is 195 g/mol. The Bertz CT molecular complexity index is 296. The molecule has 14 heavy (non-hydrogen) atoms. The van der Waals surface area contributed by atoms with Gasteiger partial charge in [-0.15, -0.1) is 0 Å². The molecule has 0 bridgehead atoms. The second kappa shape index (κ2) is 5.11. The van der Waals surface area contributed by atoms with Crippen LogP contribution >= 0.6 is 0 Å². The Labute approximate surface area is 85.3 Å². The molecule has 0 saturated carbocycles. The number of nitrogens with one attached hydrogen (secondary N) is 1. The number of hydrogen-bond acceptors (Lipinski definition) is 1. The summed E-state index contributed by atoms with van der Waals surface area (Å²) < 4.78 is 12.9. The minimum atomic E-state index is -0.146. The van der Waals surface area contributed by atoms with E-state index in [4.69, 9.17) is 0 Å².